The number of amides is 1. The lowest BCUT2D eigenvalue weighted by atomic mass is 9.98. The summed E-state index contributed by atoms with van der Waals surface area (Å²) in [4.78, 5) is 13.8. The molecule has 1 amide bonds. The molecule has 3 unspecified atom stereocenters. The van der Waals surface area contributed by atoms with E-state index in [0.717, 1.165) is 18.9 Å². The van der Waals surface area contributed by atoms with Gasteiger partial charge in [0.25, 0.3) is 0 Å². The number of nitrogens with two attached hydrogens (primary N) is 1. The molecule has 1 heterocycles. The fraction of sp³-hybridized carbons (Fsp3) is 0.562. The molecule has 4 atom stereocenters. The van der Waals surface area contributed by atoms with Gasteiger partial charge in [-0.2, -0.15) is 4.72 Å². The number of hydrogen-bond acceptors (Lipinski definition) is 4. The van der Waals surface area contributed by atoms with Crippen LogP contribution < -0.4 is 10.5 Å². The van der Waals surface area contributed by atoms with Crippen LogP contribution in [0, 0.1) is 17.7 Å². The Labute approximate surface area is 141 Å². The number of halogens is 1. The molecule has 3 rings (SSSR count). The number of sulfonamides is 1. The molecule has 3 N–H and O–H groups in total. The van der Waals surface area contributed by atoms with Gasteiger partial charge in [0.05, 0.1) is 6.04 Å². The van der Waals surface area contributed by atoms with Crippen LogP contribution >= 0.6 is 0 Å². The van der Waals surface area contributed by atoms with Crippen LogP contribution in [-0.4, -0.2) is 44.4 Å². The first kappa shape index (κ1) is 17.3. The Morgan fingerprint density at radius 2 is 2.04 bits per heavy atom. The van der Waals surface area contributed by atoms with Crippen molar-refractivity contribution in [2.75, 3.05) is 13.1 Å². The van der Waals surface area contributed by atoms with Crippen LogP contribution in [0.5, 0.6) is 0 Å². The number of nitrogens with one attached hydrogen (secondary N) is 1. The Bertz CT molecular complexity index is 740. The van der Waals surface area contributed by atoms with Gasteiger partial charge in [0.2, 0.25) is 15.9 Å². The van der Waals surface area contributed by atoms with Crippen molar-refractivity contribution in [1.82, 2.24) is 9.62 Å². The average molecular weight is 355 g/mol. The molecule has 1 saturated heterocycles. The maximum Gasteiger partial charge on any atom is 0.244 e. The van der Waals surface area contributed by atoms with E-state index >= 15 is 0 Å². The Balaban J connectivity index is 1.68. The Hall–Kier alpha value is -1.51. The molecule has 1 saturated carbocycles. The van der Waals surface area contributed by atoms with E-state index in [1.165, 1.54) is 25.1 Å². The minimum atomic E-state index is -4.09. The van der Waals surface area contributed by atoms with Crippen molar-refractivity contribution in [3.63, 3.8) is 0 Å². The summed E-state index contributed by atoms with van der Waals surface area (Å²) in [6, 6.07) is 4.25. The fourth-order valence-electron chi connectivity index (χ4n) is 3.77. The molecule has 0 aromatic heterocycles. The fourth-order valence-corrected chi connectivity index (χ4v) is 5.05. The van der Waals surface area contributed by atoms with E-state index in [0.29, 0.717) is 24.9 Å². The summed E-state index contributed by atoms with van der Waals surface area (Å²) in [5.74, 6) is -0.438. The van der Waals surface area contributed by atoms with Crippen LogP contribution in [0.25, 0.3) is 0 Å². The lowest BCUT2D eigenvalue weighted by molar-refractivity contribution is -0.131. The van der Waals surface area contributed by atoms with Crippen molar-refractivity contribution in [3.05, 3.63) is 30.1 Å². The maximum absolute atomic E-state index is 13.7. The van der Waals surface area contributed by atoms with E-state index in [-0.39, 0.29) is 11.9 Å². The molecule has 8 heteroatoms. The lowest BCUT2D eigenvalue weighted by Crippen LogP contribution is -2.46. The normalized spacial score (nSPS) is 28.0. The van der Waals surface area contributed by atoms with Crippen LogP contribution in [-0.2, 0) is 14.8 Å². The van der Waals surface area contributed by atoms with Crippen molar-refractivity contribution < 1.29 is 17.6 Å². The SMILES string of the molecule is C[C@H](NS(=O)(=O)c1ccccc1F)C(=O)N1CC2CCC(N)C2C1. The second-order valence-electron chi connectivity index (χ2n) is 6.68. The van der Waals surface area contributed by atoms with Crippen molar-refractivity contribution in [1.29, 1.82) is 0 Å². The van der Waals surface area contributed by atoms with E-state index in [2.05, 4.69) is 4.72 Å². The molecule has 2 aliphatic rings. The molecule has 132 valence electrons. The van der Waals surface area contributed by atoms with Crippen LogP contribution in [0.15, 0.2) is 29.2 Å². The number of benzene rings is 1. The predicted octanol–water partition coefficient (Wildman–Crippen LogP) is 0.688. The predicted molar refractivity (Wildman–Crippen MR) is 87.0 cm³/mol. The highest BCUT2D eigenvalue weighted by atomic mass is 32.2. The molecule has 1 aromatic rings. The molecule has 1 aliphatic heterocycles. The monoisotopic (exact) mass is 355 g/mol. The minimum Gasteiger partial charge on any atom is -0.341 e. The minimum absolute atomic E-state index is 0.109. The molecule has 1 aliphatic carbocycles. The maximum atomic E-state index is 13.7. The van der Waals surface area contributed by atoms with Gasteiger partial charge in [-0.1, -0.05) is 12.1 Å². The van der Waals surface area contributed by atoms with Gasteiger partial charge in [-0.3, -0.25) is 4.79 Å². The van der Waals surface area contributed by atoms with Gasteiger partial charge in [-0.15, -0.1) is 0 Å². The molecule has 1 aromatic carbocycles. The smallest absolute Gasteiger partial charge is 0.244 e. The third-order valence-electron chi connectivity index (χ3n) is 5.05. The summed E-state index contributed by atoms with van der Waals surface area (Å²) in [6.07, 6.45) is 1.98. The molecule has 2 fully saturated rings. The summed E-state index contributed by atoms with van der Waals surface area (Å²) in [7, 11) is -4.09. The van der Waals surface area contributed by atoms with E-state index in [1.807, 2.05) is 0 Å². The van der Waals surface area contributed by atoms with Gasteiger partial charge < -0.3 is 10.6 Å². The molecule has 0 radical (unpaired) electrons. The second kappa shape index (κ2) is 6.42. The molecule has 24 heavy (non-hydrogen) atoms. The first-order chi connectivity index (χ1) is 11.3. The van der Waals surface area contributed by atoms with Crippen molar-refractivity contribution in [2.24, 2.45) is 17.6 Å². The van der Waals surface area contributed by atoms with Crippen molar-refractivity contribution >= 4 is 15.9 Å². The number of rotatable bonds is 4. The highest BCUT2D eigenvalue weighted by Gasteiger charge is 2.43. The van der Waals surface area contributed by atoms with Gasteiger partial charge in [-0.25, -0.2) is 12.8 Å². The Morgan fingerprint density at radius 3 is 2.71 bits per heavy atom. The lowest BCUT2D eigenvalue weighted by Gasteiger charge is -2.23. The quantitative estimate of drug-likeness (QED) is 0.831. The van der Waals surface area contributed by atoms with E-state index < -0.39 is 26.8 Å². The summed E-state index contributed by atoms with van der Waals surface area (Å²) < 4.78 is 40.6. The topological polar surface area (TPSA) is 92.5 Å². The van der Waals surface area contributed by atoms with Gasteiger partial charge in [0, 0.05) is 19.1 Å². The number of hydrogen-bond donors (Lipinski definition) is 2. The zero-order chi connectivity index (χ0) is 17.5. The Kier molecular flexibility index (Phi) is 4.63. The zero-order valence-corrected chi connectivity index (χ0v) is 14.3. The van der Waals surface area contributed by atoms with Crippen LogP contribution in [0.3, 0.4) is 0 Å². The number of carbonyl (C=O) groups is 1. The zero-order valence-electron chi connectivity index (χ0n) is 13.5. The number of likely N-dealkylation sites (tertiary alicyclic amines) is 1. The van der Waals surface area contributed by atoms with Crippen LogP contribution in [0.1, 0.15) is 19.8 Å². The van der Waals surface area contributed by atoms with Crippen LogP contribution in [0.2, 0.25) is 0 Å². The molecule has 0 spiro atoms. The van der Waals surface area contributed by atoms with Crippen LogP contribution in [0.4, 0.5) is 4.39 Å². The summed E-state index contributed by atoms with van der Waals surface area (Å²) >= 11 is 0. The van der Waals surface area contributed by atoms with Gasteiger partial charge >= 0.3 is 0 Å². The van der Waals surface area contributed by atoms with E-state index in [1.54, 1.807) is 4.90 Å². The molecule has 6 nitrogen and oxygen atoms in total. The number of carbonyl (C=O) groups excluding carboxylic acids is 1. The first-order valence-corrected chi connectivity index (χ1v) is 9.59. The van der Waals surface area contributed by atoms with Crippen molar-refractivity contribution in [3.8, 4) is 0 Å². The average Bonchev–Trinajstić information content (AvgIpc) is 3.09. The van der Waals surface area contributed by atoms with Gasteiger partial charge in [0.1, 0.15) is 10.7 Å². The van der Waals surface area contributed by atoms with Crippen molar-refractivity contribution in [2.45, 2.75) is 36.7 Å². The largest absolute Gasteiger partial charge is 0.341 e. The third-order valence-corrected chi connectivity index (χ3v) is 6.63. The standard InChI is InChI=1S/C16H22FN3O3S/c1-10(19-24(22,23)15-5-3-2-4-13(15)17)16(21)20-8-11-6-7-14(18)12(11)9-20/h2-5,10-12,14,19H,6-9,18H2,1H3/t10-,11?,12?,14?/m0/s1. The third kappa shape index (κ3) is 3.18. The highest BCUT2D eigenvalue weighted by Crippen LogP contribution is 2.37. The van der Waals surface area contributed by atoms with Gasteiger partial charge in [-0.05, 0) is 43.7 Å². The number of nitrogens with zero attached hydrogens (tertiary/aromatic N) is 1. The second-order valence-corrected chi connectivity index (χ2v) is 8.36. The molecular formula is C16H22FN3O3S. The molecular weight excluding hydrogens is 333 g/mol. The van der Waals surface area contributed by atoms with Gasteiger partial charge in [0.15, 0.2) is 0 Å². The first-order valence-electron chi connectivity index (χ1n) is 8.11. The number of fused-ring (bicyclic) bond motifs is 1. The van der Waals surface area contributed by atoms with E-state index in [4.69, 9.17) is 5.73 Å². The van der Waals surface area contributed by atoms with E-state index in [9.17, 15) is 17.6 Å². The Morgan fingerprint density at radius 1 is 1.33 bits per heavy atom. The molecule has 0 bridgehead atoms. The summed E-state index contributed by atoms with van der Waals surface area (Å²) in [5, 5.41) is 0. The highest BCUT2D eigenvalue weighted by molar-refractivity contribution is 7.89. The summed E-state index contributed by atoms with van der Waals surface area (Å²) in [6.45, 7) is 2.66. The summed E-state index contributed by atoms with van der Waals surface area (Å²) in [5.41, 5.74) is 6.06.